The van der Waals surface area contributed by atoms with Crippen molar-refractivity contribution in [2.24, 2.45) is 0 Å². The number of nitrogens with one attached hydrogen (secondary N) is 1. The van der Waals surface area contributed by atoms with E-state index in [-0.39, 0.29) is 6.10 Å². The van der Waals surface area contributed by atoms with Gasteiger partial charge in [0.1, 0.15) is 11.8 Å². The van der Waals surface area contributed by atoms with Crippen molar-refractivity contribution in [1.82, 2.24) is 10.2 Å². The van der Waals surface area contributed by atoms with E-state index in [0.717, 1.165) is 43.9 Å². The smallest absolute Gasteiger partial charge is 0.136 e. The second kappa shape index (κ2) is 6.02. The minimum Gasteiger partial charge on any atom is -0.495 e. The Labute approximate surface area is 125 Å². The van der Waals surface area contributed by atoms with Crippen LogP contribution in [0.5, 0.6) is 5.75 Å². The van der Waals surface area contributed by atoms with Crippen LogP contribution in [-0.2, 0) is 4.74 Å². The van der Waals surface area contributed by atoms with Gasteiger partial charge in [-0.1, -0.05) is 6.07 Å². The Morgan fingerprint density at radius 2 is 2.33 bits per heavy atom. The number of hydrogen-bond donors (Lipinski definition) is 1. The molecule has 2 aliphatic heterocycles. The highest BCUT2D eigenvalue weighted by Gasteiger charge is 2.32. The summed E-state index contributed by atoms with van der Waals surface area (Å²) in [6.45, 7) is 6.70. The van der Waals surface area contributed by atoms with Gasteiger partial charge in [-0.3, -0.25) is 4.90 Å². The molecular formula is C16H21N3O2. The number of morpholine rings is 1. The van der Waals surface area contributed by atoms with Crippen molar-refractivity contribution in [3.05, 3.63) is 28.8 Å². The first-order valence-corrected chi connectivity index (χ1v) is 7.38. The number of fused-ring (bicyclic) bond motifs is 1. The summed E-state index contributed by atoms with van der Waals surface area (Å²) in [4.78, 5) is 2.49. The third-order valence-electron chi connectivity index (χ3n) is 4.51. The molecule has 2 unspecified atom stereocenters. The zero-order chi connectivity index (χ0) is 14.8. The molecule has 5 nitrogen and oxygen atoms in total. The van der Waals surface area contributed by atoms with Gasteiger partial charge >= 0.3 is 0 Å². The average Bonchev–Trinajstić information content (AvgIpc) is 2.54. The maximum atomic E-state index is 9.35. The molecule has 21 heavy (non-hydrogen) atoms. The van der Waals surface area contributed by atoms with Crippen molar-refractivity contribution in [2.45, 2.75) is 19.1 Å². The molecule has 2 heterocycles. The largest absolute Gasteiger partial charge is 0.495 e. The summed E-state index contributed by atoms with van der Waals surface area (Å²) in [7, 11) is 1.59. The summed E-state index contributed by atoms with van der Waals surface area (Å²) in [6, 6.07) is 6.62. The Balaban J connectivity index is 1.86. The van der Waals surface area contributed by atoms with Crippen LogP contribution in [0.1, 0.15) is 22.8 Å². The first kappa shape index (κ1) is 14.3. The molecule has 2 aliphatic rings. The molecule has 0 radical (unpaired) electrons. The maximum absolute atomic E-state index is 9.35. The average molecular weight is 287 g/mol. The molecule has 0 aromatic heterocycles. The van der Waals surface area contributed by atoms with Crippen LogP contribution in [0.15, 0.2) is 12.1 Å². The van der Waals surface area contributed by atoms with E-state index in [1.165, 1.54) is 0 Å². The van der Waals surface area contributed by atoms with E-state index >= 15 is 0 Å². The second-order valence-electron chi connectivity index (χ2n) is 5.64. The summed E-state index contributed by atoms with van der Waals surface area (Å²) in [6.07, 6.45) is 0.0392. The Bertz CT molecular complexity index is 567. The van der Waals surface area contributed by atoms with Gasteiger partial charge in [0.25, 0.3) is 0 Å². The lowest BCUT2D eigenvalue weighted by atomic mass is 9.96. The van der Waals surface area contributed by atoms with Crippen LogP contribution in [0.4, 0.5) is 0 Å². The zero-order valence-electron chi connectivity index (χ0n) is 12.6. The summed E-state index contributed by atoms with van der Waals surface area (Å²) >= 11 is 0. The van der Waals surface area contributed by atoms with Crippen molar-refractivity contribution in [3.63, 3.8) is 0 Å². The summed E-state index contributed by atoms with van der Waals surface area (Å²) in [5, 5.41) is 12.8. The Hall–Kier alpha value is -1.61. The number of nitriles is 1. The maximum Gasteiger partial charge on any atom is 0.136 e. The highest BCUT2D eigenvalue weighted by atomic mass is 16.5. The Morgan fingerprint density at radius 1 is 1.48 bits per heavy atom. The lowest BCUT2D eigenvalue weighted by Crippen LogP contribution is -2.57. The van der Waals surface area contributed by atoms with Crippen LogP contribution < -0.4 is 10.1 Å². The first-order valence-electron chi connectivity index (χ1n) is 7.38. The molecule has 0 saturated carbocycles. The monoisotopic (exact) mass is 287 g/mol. The molecule has 112 valence electrons. The van der Waals surface area contributed by atoms with E-state index < -0.39 is 0 Å². The van der Waals surface area contributed by atoms with Crippen LogP contribution in [0.25, 0.3) is 0 Å². The van der Waals surface area contributed by atoms with E-state index in [0.29, 0.717) is 17.4 Å². The van der Waals surface area contributed by atoms with Gasteiger partial charge in [0, 0.05) is 32.2 Å². The normalized spacial score (nSPS) is 26.0. The predicted octanol–water partition coefficient (Wildman–Crippen LogP) is 1.22. The van der Waals surface area contributed by atoms with E-state index in [4.69, 9.17) is 9.47 Å². The van der Waals surface area contributed by atoms with Gasteiger partial charge in [0.15, 0.2) is 0 Å². The van der Waals surface area contributed by atoms with Crippen LogP contribution in [0, 0.1) is 18.3 Å². The topological polar surface area (TPSA) is 57.5 Å². The quantitative estimate of drug-likeness (QED) is 0.886. The molecule has 2 fully saturated rings. The first-order chi connectivity index (χ1) is 10.2. The van der Waals surface area contributed by atoms with Crippen LogP contribution in [0.3, 0.4) is 0 Å². The molecule has 2 atom stereocenters. The van der Waals surface area contributed by atoms with Crippen molar-refractivity contribution in [2.75, 3.05) is 39.9 Å². The molecule has 1 aromatic rings. The van der Waals surface area contributed by atoms with Crippen LogP contribution in [-0.4, -0.2) is 50.8 Å². The molecule has 0 spiro atoms. The standard InChI is InChI=1S/C16H21N3O2/c1-11-13(3-4-15(20-2)14(11)7-17)16-9-19-6-5-18-8-12(19)10-21-16/h3-4,12,16,18H,5-6,8-10H2,1-2H3. The lowest BCUT2D eigenvalue weighted by Gasteiger charge is -2.43. The van der Waals surface area contributed by atoms with Crippen molar-refractivity contribution in [3.8, 4) is 11.8 Å². The SMILES string of the molecule is COc1ccc(C2CN3CCNCC3CO2)c(C)c1C#N. The number of piperazine rings is 1. The number of hydrogen-bond acceptors (Lipinski definition) is 5. The Kier molecular flexibility index (Phi) is 4.11. The molecule has 5 heteroatoms. The molecule has 0 amide bonds. The molecule has 0 bridgehead atoms. The van der Waals surface area contributed by atoms with Gasteiger partial charge in [-0.25, -0.2) is 0 Å². The molecule has 1 aromatic carbocycles. The van der Waals surface area contributed by atoms with Gasteiger partial charge in [-0.2, -0.15) is 5.26 Å². The van der Waals surface area contributed by atoms with E-state index in [2.05, 4.69) is 16.3 Å². The van der Waals surface area contributed by atoms with Crippen molar-refractivity contribution in [1.29, 1.82) is 5.26 Å². The number of ether oxygens (including phenoxy) is 2. The third kappa shape index (κ3) is 2.62. The predicted molar refractivity (Wildman–Crippen MR) is 79.4 cm³/mol. The number of benzene rings is 1. The summed E-state index contributed by atoms with van der Waals surface area (Å²) in [5.41, 5.74) is 2.68. The fraction of sp³-hybridized carbons (Fsp3) is 0.562. The Morgan fingerprint density at radius 3 is 3.10 bits per heavy atom. The van der Waals surface area contributed by atoms with Gasteiger partial charge in [-0.15, -0.1) is 0 Å². The summed E-state index contributed by atoms with van der Waals surface area (Å²) < 4.78 is 11.3. The third-order valence-corrected chi connectivity index (χ3v) is 4.51. The number of methoxy groups -OCH3 is 1. The second-order valence-corrected chi connectivity index (χ2v) is 5.64. The highest BCUT2D eigenvalue weighted by molar-refractivity contribution is 5.52. The van der Waals surface area contributed by atoms with E-state index in [1.54, 1.807) is 7.11 Å². The highest BCUT2D eigenvalue weighted by Crippen LogP contribution is 2.32. The van der Waals surface area contributed by atoms with Crippen LogP contribution in [0.2, 0.25) is 0 Å². The summed E-state index contributed by atoms with van der Waals surface area (Å²) in [5.74, 6) is 0.634. The van der Waals surface area contributed by atoms with Crippen LogP contribution >= 0.6 is 0 Å². The van der Waals surface area contributed by atoms with Crippen molar-refractivity contribution >= 4 is 0 Å². The fourth-order valence-electron chi connectivity index (χ4n) is 3.25. The van der Waals surface area contributed by atoms with E-state index in [9.17, 15) is 5.26 Å². The van der Waals surface area contributed by atoms with Gasteiger partial charge in [0.05, 0.1) is 25.4 Å². The molecule has 0 aliphatic carbocycles. The fourth-order valence-corrected chi connectivity index (χ4v) is 3.25. The zero-order valence-corrected chi connectivity index (χ0v) is 12.6. The van der Waals surface area contributed by atoms with E-state index in [1.807, 2.05) is 19.1 Å². The lowest BCUT2D eigenvalue weighted by molar-refractivity contribution is -0.0720. The van der Waals surface area contributed by atoms with Crippen molar-refractivity contribution < 1.29 is 9.47 Å². The minimum atomic E-state index is 0.0392. The number of nitrogens with zero attached hydrogens (tertiary/aromatic N) is 2. The minimum absolute atomic E-state index is 0.0392. The van der Waals surface area contributed by atoms with Gasteiger partial charge in [0.2, 0.25) is 0 Å². The molecule has 3 rings (SSSR count). The van der Waals surface area contributed by atoms with Gasteiger partial charge in [-0.05, 0) is 24.1 Å². The number of rotatable bonds is 2. The molecular weight excluding hydrogens is 266 g/mol. The van der Waals surface area contributed by atoms with Gasteiger partial charge < -0.3 is 14.8 Å². The molecule has 2 saturated heterocycles. The molecule has 1 N–H and O–H groups in total.